The molecule has 6 nitrogen and oxygen atoms in total. The quantitative estimate of drug-likeness (QED) is 0.722. The average Bonchev–Trinajstić information content (AvgIpc) is 2.40. The predicted octanol–water partition coefficient (Wildman–Crippen LogP) is 3.16. The Balaban J connectivity index is 2.64. The number of hydrogen-bond donors (Lipinski definition) is 3. The van der Waals surface area contributed by atoms with Gasteiger partial charge in [-0.1, -0.05) is 6.07 Å². The number of carboxylic acid groups (broad SMARTS) is 1. The Kier molecular flexibility index (Phi) is 6.22. The van der Waals surface area contributed by atoms with Crippen LogP contribution < -0.4 is 15.4 Å². The predicted molar refractivity (Wildman–Crippen MR) is 85.5 cm³/mol. The standard InChI is InChI=1S/C16H24N2O4/c1-5-22-13-10-12(7-6-11(13)2)17-15(21)18-16(3,4)9-8-14(19)20/h6-7,10H,5,8-9H2,1-4H3,(H,19,20)(H2,17,18,21). The van der Waals surface area contributed by atoms with Gasteiger partial charge in [0.25, 0.3) is 0 Å². The fraction of sp³-hybridized carbons (Fsp3) is 0.500. The van der Waals surface area contributed by atoms with Gasteiger partial charge in [-0.15, -0.1) is 0 Å². The molecule has 1 aromatic carbocycles. The lowest BCUT2D eigenvalue weighted by Crippen LogP contribution is -2.45. The molecule has 0 bridgehead atoms. The topological polar surface area (TPSA) is 87.7 Å². The Labute approximate surface area is 130 Å². The molecule has 0 saturated carbocycles. The van der Waals surface area contributed by atoms with Gasteiger partial charge in [0, 0.05) is 23.7 Å². The van der Waals surface area contributed by atoms with E-state index in [1.165, 1.54) is 0 Å². The first-order valence-corrected chi connectivity index (χ1v) is 7.28. The molecular weight excluding hydrogens is 284 g/mol. The summed E-state index contributed by atoms with van der Waals surface area (Å²) in [4.78, 5) is 22.6. The number of hydrogen-bond acceptors (Lipinski definition) is 3. The molecule has 2 amide bonds. The van der Waals surface area contributed by atoms with E-state index in [1.54, 1.807) is 26.0 Å². The van der Waals surface area contributed by atoms with Crippen molar-refractivity contribution in [3.63, 3.8) is 0 Å². The van der Waals surface area contributed by atoms with Crippen molar-refractivity contribution in [3.8, 4) is 5.75 Å². The zero-order valence-corrected chi connectivity index (χ0v) is 13.5. The third-order valence-corrected chi connectivity index (χ3v) is 3.16. The van der Waals surface area contributed by atoms with Crippen LogP contribution in [0.5, 0.6) is 5.75 Å². The van der Waals surface area contributed by atoms with Crippen LogP contribution in [0.25, 0.3) is 0 Å². The summed E-state index contributed by atoms with van der Waals surface area (Å²) in [6.07, 6.45) is 0.361. The minimum Gasteiger partial charge on any atom is -0.494 e. The zero-order chi connectivity index (χ0) is 16.8. The van der Waals surface area contributed by atoms with E-state index >= 15 is 0 Å². The maximum atomic E-state index is 12.0. The number of nitrogens with one attached hydrogen (secondary N) is 2. The van der Waals surface area contributed by atoms with Gasteiger partial charge in [0.1, 0.15) is 5.75 Å². The molecule has 0 aromatic heterocycles. The Hall–Kier alpha value is -2.24. The first-order valence-electron chi connectivity index (χ1n) is 7.28. The number of aryl methyl sites for hydroxylation is 1. The lowest BCUT2D eigenvalue weighted by Gasteiger charge is -2.25. The molecule has 6 heteroatoms. The van der Waals surface area contributed by atoms with E-state index in [1.807, 2.05) is 19.9 Å². The molecule has 0 saturated heterocycles. The molecule has 0 unspecified atom stereocenters. The monoisotopic (exact) mass is 308 g/mol. The molecule has 22 heavy (non-hydrogen) atoms. The zero-order valence-electron chi connectivity index (χ0n) is 13.5. The maximum Gasteiger partial charge on any atom is 0.319 e. The summed E-state index contributed by atoms with van der Waals surface area (Å²) >= 11 is 0. The van der Waals surface area contributed by atoms with Gasteiger partial charge in [-0.25, -0.2) is 4.79 Å². The summed E-state index contributed by atoms with van der Waals surface area (Å²) in [6.45, 7) is 7.96. The van der Waals surface area contributed by atoms with Crippen LogP contribution in [0.2, 0.25) is 0 Å². The highest BCUT2D eigenvalue weighted by atomic mass is 16.5. The molecule has 0 aliphatic heterocycles. The molecule has 0 heterocycles. The summed E-state index contributed by atoms with van der Waals surface area (Å²) in [5, 5.41) is 14.2. The number of urea groups is 1. The lowest BCUT2D eigenvalue weighted by molar-refractivity contribution is -0.137. The first-order chi connectivity index (χ1) is 10.2. The number of amides is 2. The summed E-state index contributed by atoms with van der Waals surface area (Å²) in [5.41, 5.74) is 1.02. The molecule has 122 valence electrons. The van der Waals surface area contributed by atoms with Gasteiger partial charge >= 0.3 is 12.0 Å². The summed E-state index contributed by atoms with van der Waals surface area (Å²) < 4.78 is 5.49. The number of ether oxygens (including phenoxy) is 1. The lowest BCUT2D eigenvalue weighted by atomic mass is 9.99. The van der Waals surface area contributed by atoms with E-state index in [9.17, 15) is 9.59 Å². The second-order valence-corrected chi connectivity index (χ2v) is 5.77. The highest BCUT2D eigenvalue weighted by Crippen LogP contribution is 2.22. The van der Waals surface area contributed by atoms with Crippen molar-refractivity contribution in [1.82, 2.24) is 5.32 Å². The minimum absolute atomic E-state index is 0.00625. The third-order valence-electron chi connectivity index (χ3n) is 3.16. The van der Waals surface area contributed by atoms with Crippen LogP contribution in [0.3, 0.4) is 0 Å². The second kappa shape index (κ2) is 7.68. The van der Waals surface area contributed by atoms with E-state index < -0.39 is 11.5 Å². The molecule has 0 aliphatic rings. The molecule has 0 radical (unpaired) electrons. The highest BCUT2D eigenvalue weighted by molar-refractivity contribution is 5.90. The van der Waals surface area contributed by atoms with Gasteiger partial charge < -0.3 is 20.5 Å². The van der Waals surface area contributed by atoms with Gasteiger partial charge in [-0.05, 0) is 45.7 Å². The van der Waals surface area contributed by atoms with Crippen LogP contribution in [0, 0.1) is 6.92 Å². The van der Waals surface area contributed by atoms with Gasteiger partial charge in [-0.2, -0.15) is 0 Å². The highest BCUT2D eigenvalue weighted by Gasteiger charge is 2.21. The van der Waals surface area contributed by atoms with E-state index in [0.29, 0.717) is 18.7 Å². The molecule has 0 atom stereocenters. The van der Waals surface area contributed by atoms with Crippen LogP contribution in [-0.4, -0.2) is 29.3 Å². The van der Waals surface area contributed by atoms with Crippen molar-refractivity contribution < 1.29 is 19.4 Å². The average molecular weight is 308 g/mol. The number of benzene rings is 1. The maximum absolute atomic E-state index is 12.0. The summed E-state index contributed by atoms with van der Waals surface area (Å²) in [7, 11) is 0. The number of carboxylic acids is 1. The van der Waals surface area contributed by atoms with Crippen molar-refractivity contribution in [1.29, 1.82) is 0 Å². The number of rotatable bonds is 7. The summed E-state index contributed by atoms with van der Waals surface area (Å²) in [5.74, 6) is -0.152. The van der Waals surface area contributed by atoms with Crippen molar-refractivity contribution in [2.24, 2.45) is 0 Å². The SMILES string of the molecule is CCOc1cc(NC(=O)NC(C)(C)CCC(=O)O)ccc1C. The third kappa shape index (κ3) is 6.03. The van der Waals surface area contributed by atoms with Gasteiger partial charge in [0.2, 0.25) is 0 Å². The van der Waals surface area contributed by atoms with Crippen LogP contribution in [0.1, 0.15) is 39.2 Å². The van der Waals surface area contributed by atoms with Crippen molar-refractivity contribution in [2.45, 2.75) is 46.1 Å². The van der Waals surface area contributed by atoms with E-state index in [2.05, 4.69) is 10.6 Å². The molecule has 1 aromatic rings. The van der Waals surface area contributed by atoms with E-state index in [4.69, 9.17) is 9.84 Å². The molecule has 3 N–H and O–H groups in total. The van der Waals surface area contributed by atoms with Crippen molar-refractivity contribution in [2.75, 3.05) is 11.9 Å². The van der Waals surface area contributed by atoms with E-state index in [-0.39, 0.29) is 12.5 Å². The van der Waals surface area contributed by atoms with Gasteiger partial charge in [0.05, 0.1) is 6.61 Å². The summed E-state index contributed by atoms with van der Waals surface area (Å²) in [6, 6.07) is 5.06. The molecule has 0 spiro atoms. The molecule has 0 aliphatic carbocycles. The molecule has 0 fully saturated rings. The normalized spacial score (nSPS) is 10.9. The van der Waals surface area contributed by atoms with Gasteiger partial charge in [0.15, 0.2) is 0 Å². The minimum atomic E-state index is -0.879. The van der Waals surface area contributed by atoms with Crippen LogP contribution >= 0.6 is 0 Å². The number of carbonyl (C=O) groups excluding carboxylic acids is 1. The Morgan fingerprint density at radius 2 is 2.00 bits per heavy atom. The number of anilines is 1. The van der Waals surface area contributed by atoms with Crippen LogP contribution in [0.4, 0.5) is 10.5 Å². The fourth-order valence-corrected chi connectivity index (χ4v) is 1.94. The van der Waals surface area contributed by atoms with Crippen molar-refractivity contribution >= 4 is 17.7 Å². The number of carbonyl (C=O) groups is 2. The van der Waals surface area contributed by atoms with Crippen LogP contribution in [-0.2, 0) is 4.79 Å². The second-order valence-electron chi connectivity index (χ2n) is 5.77. The van der Waals surface area contributed by atoms with E-state index in [0.717, 1.165) is 11.3 Å². The van der Waals surface area contributed by atoms with Gasteiger partial charge in [-0.3, -0.25) is 4.79 Å². The van der Waals surface area contributed by atoms with Crippen molar-refractivity contribution in [3.05, 3.63) is 23.8 Å². The van der Waals surface area contributed by atoms with Crippen LogP contribution in [0.15, 0.2) is 18.2 Å². The molecular formula is C16H24N2O4. The largest absolute Gasteiger partial charge is 0.494 e. The number of aliphatic carboxylic acids is 1. The Bertz CT molecular complexity index is 541. The Morgan fingerprint density at radius 3 is 2.59 bits per heavy atom. The smallest absolute Gasteiger partial charge is 0.319 e. The molecule has 1 rings (SSSR count). The Morgan fingerprint density at radius 1 is 1.32 bits per heavy atom. The fourth-order valence-electron chi connectivity index (χ4n) is 1.94. The first kappa shape index (κ1) is 17.8.